The Balaban J connectivity index is 2.97. The predicted octanol–water partition coefficient (Wildman–Crippen LogP) is 4.48. The molecule has 7 heteroatoms. The number of aromatic hydroxyl groups is 1. The summed E-state index contributed by atoms with van der Waals surface area (Å²) in [5, 5.41) is 19.2. The number of hydrogen-bond acceptors (Lipinski definition) is 3. The van der Waals surface area contributed by atoms with Crippen LogP contribution >= 0.6 is 54.8 Å². The molecule has 0 unspecified atom stereocenters. The van der Waals surface area contributed by atoms with Crippen LogP contribution in [0.25, 0.3) is 10.1 Å². The van der Waals surface area contributed by atoms with E-state index in [0.29, 0.717) is 19.0 Å². The van der Waals surface area contributed by atoms with E-state index < -0.39 is 5.97 Å². The Kier molecular flexibility index (Phi) is 3.18. The highest BCUT2D eigenvalue weighted by Gasteiger charge is 2.21. The Hall–Kier alpha value is -0.300. The summed E-state index contributed by atoms with van der Waals surface area (Å²) < 4.78 is 1.76. The van der Waals surface area contributed by atoms with Gasteiger partial charge in [-0.15, -0.1) is 11.3 Å². The average Bonchev–Trinajstić information content (AvgIpc) is 2.53. The van der Waals surface area contributed by atoms with Gasteiger partial charge in [-0.3, -0.25) is 0 Å². The third-order valence-electron chi connectivity index (χ3n) is 1.98. The van der Waals surface area contributed by atoms with Crippen LogP contribution in [0.4, 0.5) is 0 Å². The second-order valence-electron chi connectivity index (χ2n) is 2.94. The Morgan fingerprint density at radius 3 is 2.56 bits per heavy atom. The molecular weight excluding hydrogens is 383 g/mol. The largest absolute Gasteiger partial charge is 0.506 e. The van der Waals surface area contributed by atoms with Crippen LogP contribution in [0.15, 0.2) is 15.0 Å². The highest BCUT2D eigenvalue weighted by Crippen LogP contribution is 2.46. The van der Waals surface area contributed by atoms with Gasteiger partial charge < -0.3 is 10.2 Å². The van der Waals surface area contributed by atoms with Gasteiger partial charge in [0.15, 0.2) is 0 Å². The maximum Gasteiger partial charge on any atom is 0.347 e. The van der Waals surface area contributed by atoms with Crippen LogP contribution in [0.3, 0.4) is 0 Å². The van der Waals surface area contributed by atoms with Gasteiger partial charge in [0.2, 0.25) is 0 Å². The van der Waals surface area contributed by atoms with Gasteiger partial charge in [-0.25, -0.2) is 4.79 Å². The van der Waals surface area contributed by atoms with Gasteiger partial charge >= 0.3 is 5.97 Å². The van der Waals surface area contributed by atoms with Gasteiger partial charge in [0, 0.05) is 4.47 Å². The number of phenols is 1. The highest BCUT2D eigenvalue weighted by atomic mass is 79.9. The lowest BCUT2D eigenvalue weighted by Crippen LogP contribution is -1.91. The van der Waals surface area contributed by atoms with Crippen molar-refractivity contribution in [3.8, 4) is 5.75 Å². The van der Waals surface area contributed by atoms with Crippen LogP contribution in [-0.4, -0.2) is 16.2 Å². The van der Waals surface area contributed by atoms with Gasteiger partial charge in [-0.05, 0) is 37.9 Å². The number of carboxylic acid groups (broad SMARTS) is 1. The van der Waals surface area contributed by atoms with E-state index in [0.717, 1.165) is 11.3 Å². The van der Waals surface area contributed by atoms with Crippen molar-refractivity contribution in [2.45, 2.75) is 0 Å². The molecule has 0 saturated heterocycles. The zero-order valence-corrected chi connectivity index (χ0v) is 12.2. The minimum atomic E-state index is -1.10. The summed E-state index contributed by atoms with van der Waals surface area (Å²) in [6.07, 6.45) is 0. The van der Waals surface area contributed by atoms with Crippen LogP contribution in [-0.2, 0) is 0 Å². The lowest BCUT2D eigenvalue weighted by Gasteiger charge is -2.01. The molecule has 0 aliphatic heterocycles. The minimum absolute atomic E-state index is 0.0192. The SMILES string of the molecule is O=C(O)c1sc2c(Br)cc(Br)c(O)c2c1Cl. The van der Waals surface area contributed by atoms with Gasteiger partial charge in [0.05, 0.1) is 19.6 Å². The van der Waals surface area contributed by atoms with Crippen LogP contribution < -0.4 is 0 Å². The zero-order valence-electron chi connectivity index (χ0n) is 7.42. The topological polar surface area (TPSA) is 57.5 Å². The van der Waals surface area contributed by atoms with Crippen LogP contribution in [0.5, 0.6) is 5.75 Å². The van der Waals surface area contributed by atoms with E-state index >= 15 is 0 Å². The molecule has 0 amide bonds. The minimum Gasteiger partial charge on any atom is -0.506 e. The van der Waals surface area contributed by atoms with Crippen molar-refractivity contribution >= 4 is 70.9 Å². The number of thiophene rings is 1. The van der Waals surface area contributed by atoms with E-state index in [-0.39, 0.29) is 15.6 Å². The molecule has 1 heterocycles. The van der Waals surface area contributed by atoms with Gasteiger partial charge in [-0.2, -0.15) is 0 Å². The zero-order chi connectivity index (χ0) is 12.0. The smallest absolute Gasteiger partial charge is 0.347 e. The van der Waals surface area contributed by atoms with Gasteiger partial charge in [0.25, 0.3) is 0 Å². The Labute approximate surface area is 116 Å². The van der Waals surface area contributed by atoms with Crippen molar-refractivity contribution in [1.82, 2.24) is 0 Å². The fourth-order valence-electron chi connectivity index (χ4n) is 1.29. The maximum atomic E-state index is 10.9. The monoisotopic (exact) mass is 384 g/mol. The molecule has 0 radical (unpaired) electrons. The first-order valence-corrected chi connectivity index (χ1v) is 6.73. The molecule has 0 aliphatic carbocycles. The summed E-state index contributed by atoms with van der Waals surface area (Å²) in [6, 6.07) is 1.65. The molecule has 1 aromatic carbocycles. The number of carboxylic acids is 1. The number of halogens is 3. The van der Waals surface area contributed by atoms with E-state index in [9.17, 15) is 9.90 Å². The van der Waals surface area contributed by atoms with E-state index in [1.807, 2.05) is 0 Å². The molecule has 0 atom stereocenters. The molecule has 2 aromatic rings. The molecule has 3 nitrogen and oxygen atoms in total. The van der Waals surface area contributed by atoms with Gasteiger partial charge in [0.1, 0.15) is 10.6 Å². The molecular formula is C9H3Br2ClO3S. The summed E-state index contributed by atoms with van der Waals surface area (Å²) in [6.45, 7) is 0. The van der Waals surface area contributed by atoms with Crippen molar-refractivity contribution in [3.05, 3.63) is 24.9 Å². The molecule has 2 N–H and O–H groups in total. The molecule has 1 aromatic heterocycles. The van der Waals surface area contributed by atoms with Crippen molar-refractivity contribution in [2.75, 3.05) is 0 Å². The van der Waals surface area contributed by atoms with E-state index in [1.165, 1.54) is 0 Å². The number of rotatable bonds is 1. The number of phenolic OH excluding ortho intramolecular Hbond substituents is 1. The third-order valence-corrected chi connectivity index (χ3v) is 5.17. The number of benzene rings is 1. The summed E-state index contributed by atoms with van der Waals surface area (Å²) in [7, 11) is 0. The first-order valence-electron chi connectivity index (χ1n) is 3.95. The number of carbonyl (C=O) groups is 1. The molecule has 0 spiro atoms. The first-order chi connectivity index (χ1) is 7.43. The van der Waals surface area contributed by atoms with Crippen LogP contribution in [0.2, 0.25) is 5.02 Å². The summed E-state index contributed by atoms with van der Waals surface area (Å²) in [5.74, 6) is -1.15. The van der Waals surface area contributed by atoms with Crippen LogP contribution in [0.1, 0.15) is 9.67 Å². The molecule has 0 bridgehead atoms. The molecule has 84 valence electrons. The summed E-state index contributed by atoms with van der Waals surface area (Å²) >= 11 is 13.4. The molecule has 16 heavy (non-hydrogen) atoms. The molecule has 2 rings (SSSR count). The standard InChI is InChI=1S/C9H3Br2ClO3S/c10-2-1-3(11)7-4(6(2)13)5(12)8(16-7)9(14)15/h1,13H,(H,14,15). The van der Waals surface area contributed by atoms with Crippen molar-refractivity contribution in [1.29, 1.82) is 0 Å². The van der Waals surface area contributed by atoms with Crippen LogP contribution in [0, 0.1) is 0 Å². The molecule has 0 saturated carbocycles. The van der Waals surface area contributed by atoms with Crippen molar-refractivity contribution < 1.29 is 15.0 Å². The van der Waals surface area contributed by atoms with Crippen molar-refractivity contribution in [3.63, 3.8) is 0 Å². The Morgan fingerprint density at radius 1 is 1.38 bits per heavy atom. The lowest BCUT2D eigenvalue weighted by atomic mass is 10.2. The number of hydrogen-bond donors (Lipinski definition) is 2. The Bertz CT molecular complexity index is 609. The van der Waals surface area contributed by atoms with E-state index in [4.69, 9.17) is 16.7 Å². The second kappa shape index (κ2) is 4.18. The lowest BCUT2D eigenvalue weighted by molar-refractivity contribution is 0.0702. The fourth-order valence-corrected chi connectivity index (χ4v) is 4.07. The fraction of sp³-hybridized carbons (Fsp3) is 0. The molecule has 0 aliphatic rings. The normalized spacial score (nSPS) is 10.9. The van der Waals surface area contributed by atoms with Gasteiger partial charge in [-0.1, -0.05) is 11.6 Å². The highest BCUT2D eigenvalue weighted by molar-refractivity contribution is 9.11. The predicted molar refractivity (Wildman–Crippen MR) is 70.9 cm³/mol. The average molecular weight is 386 g/mol. The quantitative estimate of drug-likeness (QED) is 0.760. The second-order valence-corrected chi connectivity index (χ2v) is 6.05. The number of fused-ring (bicyclic) bond motifs is 1. The maximum absolute atomic E-state index is 10.9. The number of aromatic carboxylic acids is 1. The molecule has 0 fully saturated rings. The summed E-state index contributed by atoms with van der Waals surface area (Å²) in [4.78, 5) is 10.9. The van der Waals surface area contributed by atoms with E-state index in [1.54, 1.807) is 6.07 Å². The summed E-state index contributed by atoms with van der Waals surface area (Å²) in [5.41, 5.74) is 0. The van der Waals surface area contributed by atoms with Crippen molar-refractivity contribution in [2.24, 2.45) is 0 Å². The first kappa shape index (κ1) is 12.2. The van der Waals surface area contributed by atoms with E-state index in [2.05, 4.69) is 31.9 Å². The Morgan fingerprint density at radius 2 is 2.00 bits per heavy atom. The third kappa shape index (κ3) is 1.73.